The largest absolute Gasteiger partial charge is 0.481 e. The van der Waals surface area contributed by atoms with Gasteiger partial charge in [0.05, 0.1) is 39.3 Å². The van der Waals surface area contributed by atoms with Crippen molar-refractivity contribution in [3.63, 3.8) is 0 Å². The smallest absolute Gasteiger partial charge is 0.403 e. The van der Waals surface area contributed by atoms with Crippen molar-refractivity contribution in [3.05, 3.63) is 29.8 Å². The molecule has 1 rings (SSSR count). The molecule has 66 heavy (non-hydrogen) atoms. The first kappa shape index (κ1) is 57.8. The van der Waals surface area contributed by atoms with Gasteiger partial charge >= 0.3 is 61.5 Å². The number of rotatable bonds is 34. The second-order valence-electron chi connectivity index (χ2n) is 14.2. The lowest BCUT2D eigenvalue weighted by atomic mass is 10.0. The Bertz CT molecular complexity index is 1960. The van der Waals surface area contributed by atoms with E-state index in [0.717, 1.165) is 9.80 Å². The van der Waals surface area contributed by atoms with Crippen LogP contribution in [0, 0.1) is 0 Å². The van der Waals surface area contributed by atoms with Gasteiger partial charge in [0.25, 0.3) is 0 Å². The van der Waals surface area contributed by atoms with Crippen LogP contribution < -0.4 is 16.1 Å². The van der Waals surface area contributed by atoms with Gasteiger partial charge in [-0.1, -0.05) is 12.1 Å². The predicted octanol–water partition coefficient (Wildman–Crippen LogP) is -2.88. The van der Waals surface area contributed by atoms with Crippen molar-refractivity contribution in [1.29, 1.82) is 0 Å². The summed E-state index contributed by atoms with van der Waals surface area (Å²) in [5.74, 6) is -14.9. The highest BCUT2D eigenvalue weighted by Crippen LogP contribution is 2.38. The van der Waals surface area contributed by atoms with Gasteiger partial charge in [0.2, 0.25) is 5.91 Å². The Hall–Kier alpha value is -6.24. The fraction of sp³-hybridized carbons (Fsp3) is 0.514. The van der Waals surface area contributed by atoms with E-state index in [1.165, 1.54) is 29.2 Å². The minimum absolute atomic E-state index is 0.0139. The van der Waals surface area contributed by atoms with Gasteiger partial charge in [-0.05, 0) is 49.2 Å². The van der Waals surface area contributed by atoms with Crippen LogP contribution in [0.1, 0.15) is 31.2 Å². The molecule has 368 valence electrons. The number of aliphatic carboxylic acids is 9. The van der Waals surface area contributed by atoms with Crippen LogP contribution in [-0.2, 0) is 63.5 Å². The molecule has 5 atom stereocenters. The van der Waals surface area contributed by atoms with Crippen LogP contribution in [0.25, 0.3) is 0 Å². The summed E-state index contributed by atoms with van der Waals surface area (Å²) < 4.78 is 17.6. The lowest BCUT2D eigenvalue weighted by Gasteiger charge is -2.34. The fourth-order valence-corrected chi connectivity index (χ4v) is 7.28. The number of thiocarbonyl (C=S) groups is 1. The Morgan fingerprint density at radius 3 is 1.62 bits per heavy atom. The van der Waals surface area contributed by atoms with Crippen molar-refractivity contribution in [1.82, 2.24) is 24.7 Å². The number of carboxylic acids is 9. The van der Waals surface area contributed by atoms with Crippen molar-refractivity contribution in [3.8, 4) is 0 Å². The monoisotopic (exact) mass is 983 g/mol. The number of nitrogens with one attached hydrogen (secondary N) is 2. The van der Waals surface area contributed by atoms with Crippen LogP contribution >= 0.6 is 20.0 Å². The van der Waals surface area contributed by atoms with Crippen LogP contribution in [0.2, 0.25) is 0 Å². The average molecular weight is 984 g/mol. The molecule has 1 aromatic carbocycles. The Balaban J connectivity index is 3.56. The van der Waals surface area contributed by atoms with E-state index in [2.05, 4.69) is 5.32 Å². The second kappa shape index (κ2) is 27.9. The summed E-state index contributed by atoms with van der Waals surface area (Å²) in [4.78, 5) is 132. The Labute approximate surface area is 378 Å². The zero-order chi connectivity index (χ0) is 50.5. The minimum atomic E-state index is -5.27. The number of carbonyl (C=O) groups is 10. The van der Waals surface area contributed by atoms with Gasteiger partial charge in [-0.15, -0.1) is 0 Å². The maximum Gasteiger partial charge on any atom is 0.403 e. The third-order valence-corrected chi connectivity index (χ3v) is 10.3. The van der Waals surface area contributed by atoms with E-state index in [1.807, 2.05) is 0 Å². The molecule has 0 fully saturated rings. The summed E-state index contributed by atoms with van der Waals surface area (Å²) in [6, 6.07) is -1.59. The molecule has 0 aliphatic heterocycles. The molecule has 0 saturated heterocycles. The number of nitrogens with two attached hydrogens (primary N) is 1. The summed E-state index contributed by atoms with van der Waals surface area (Å²) >= 11 is 5.33. The number of anilines is 1. The molecule has 0 aliphatic rings. The van der Waals surface area contributed by atoms with Crippen LogP contribution in [0.5, 0.6) is 0 Å². The number of carboxylic acid groups (broad SMARTS) is 9. The van der Waals surface area contributed by atoms with Gasteiger partial charge in [0.15, 0.2) is 11.2 Å². The van der Waals surface area contributed by atoms with Crippen molar-refractivity contribution < 1.29 is 108 Å². The molecular formula is C35H50N7O22PS. The average Bonchev–Trinajstić information content (AvgIpc) is 3.17. The van der Waals surface area contributed by atoms with E-state index in [9.17, 15) is 98.3 Å². The van der Waals surface area contributed by atoms with Crippen molar-refractivity contribution in [2.75, 3.05) is 64.3 Å². The molecule has 0 aromatic heterocycles. The fourth-order valence-electron chi connectivity index (χ4n) is 5.88. The Morgan fingerprint density at radius 1 is 0.667 bits per heavy atom. The quantitative estimate of drug-likeness (QED) is 0.0244. The number of carbonyl (C=O) groups excluding carboxylic acids is 1. The molecular weight excluding hydrogens is 933 g/mol. The number of hydrogen-bond acceptors (Lipinski definition) is 17. The molecule has 0 saturated carbocycles. The summed E-state index contributed by atoms with van der Waals surface area (Å²) in [6.45, 7) is -6.13. The SMILES string of the molecule is N[C@@H](CCC(=O)N(C(=S)Nc1ccc(CC(CN(CCN(CC(=O)O)CC(=O)O)CC(=O)O)N(CC(=O)O)CC(=O)O)cc1)[C@@H](COP(=O)(O)N[C@@H](CCC(=O)O)C(=O)O)C(=O)O)C(=O)O. The first-order chi connectivity index (χ1) is 30.6. The van der Waals surface area contributed by atoms with Gasteiger partial charge in [-0.2, -0.15) is 0 Å². The molecule has 0 aliphatic carbocycles. The first-order valence-corrected chi connectivity index (χ1v) is 21.0. The summed E-state index contributed by atoms with van der Waals surface area (Å²) in [5.41, 5.74) is 5.85. The molecule has 0 heterocycles. The van der Waals surface area contributed by atoms with Crippen LogP contribution in [0.3, 0.4) is 0 Å². The first-order valence-electron chi connectivity index (χ1n) is 19.0. The molecule has 0 spiro atoms. The molecule has 0 bridgehead atoms. The lowest BCUT2D eigenvalue weighted by Crippen LogP contribution is -2.53. The van der Waals surface area contributed by atoms with E-state index in [-0.39, 0.29) is 31.7 Å². The number of nitrogens with zero attached hydrogens (tertiary/aromatic N) is 4. The van der Waals surface area contributed by atoms with E-state index >= 15 is 0 Å². The van der Waals surface area contributed by atoms with Gasteiger partial charge < -0.3 is 61.9 Å². The number of hydrogen-bond donors (Lipinski definition) is 13. The Kier molecular flexibility index (Phi) is 24.5. The lowest BCUT2D eigenvalue weighted by molar-refractivity contribution is -0.148. The summed E-state index contributed by atoms with van der Waals surface area (Å²) in [7, 11) is -5.27. The summed E-state index contributed by atoms with van der Waals surface area (Å²) in [5, 5.41) is 88.3. The molecule has 1 amide bonds. The van der Waals surface area contributed by atoms with Gasteiger partial charge in [0.1, 0.15) is 12.1 Å². The standard InChI is InChI=1S/C35H50N7O22PS/c36-22(32(56)57)5-7-25(43)42(24(34(60)61)18-64-65(62,63)38-23(33(58)59)6-8-26(44)45)35(66)37-20-3-1-19(2-4-20)11-21(41(16-30(52)53)17-31(54)55)12-39(13-27(46)47)9-10-40(14-28(48)49)15-29(50)51/h1-4,21-24H,5-18,36H2,(H,37,66)(H,44,45)(H,46,47)(H,48,49)(H,50,51)(H,52,53)(H,54,55)(H,56,57)(H,58,59)(H,60,61)(H2,38,62,63)/t21?,22-,23-,24-/m0/s1. The highest BCUT2D eigenvalue weighted by atomic mass is 32.1. The van der Waals surface area contributed by atoms with Crippen LogP contribution in [-0.4, -0.2) is 218 Å². The van der Waals surface area contributed by atoms with Crippen molar-refractivity contribution in [2.24, 2.45) is 5.73 Å². The zero-order valence-corrected chi connectivity index (χ0v) is 36.3. The molecule has 29 nitrogen and oxygen atoms in total. The predicted molar refractivity (Wildman–Crippen MR) is 223 cm³/mol. The minimum Gasteiger partial charge on any atom is -0.481 e. The van der Waals surface area contributed by atoms with Crippen molar-refractivity contribution in [2.45, 2.75) is 56.3 Å². The Morgan fingerprint density at radius 2 is 1.17 bits per heavy atom. The van der Waals surface area contributed by atoms with E-state index in [0.29, 0.717) is 10.5 Å². The third-order valence-electron chi connectivity index (χ3n) is 8.89. The van der Waals surface area contributed by atoms with E-state index < -0.39 is 162 Å². The highest BCUT2D eigenvalue weighted by Gasteiger charge is 2.37. The normalized spacial score (nSPS) is 14.0. The maximum atomic E-state index is 13.5. The third kappa shape index (κ3) is 23.1. The van der Waals surface area contributed by atoms with Gasteiger partial charge in [-0.3, -0.25) is 67.3 Å². The summed E-state index contributed by atoms with van der Waals surface area (Å²) in [6.07, 6.45) is -2.98. The molecule has 31 heteroatoms. The van der Waals surface area contributed by atoms with Crippen molar-refractivity contribution >= 4 is 90.4 Å². The molecule has 1 aromatic rings. The highest BCUT2D eigenvalue weighted by molar-refractivity contribution is 7.80. The zero-order valence-electron chi connectivity index (χ0n) is 34.6. The van der Waals surface area contributed by atoms with Crippen LogP contribution in [0.4, 0.5) is 5.69 Å². The van der Waals surface area contributed by atoms with E-state index in [4.69, 9.17) is 27.6 Å². The van der Waals surface area contributed by atoms with Gasteiger partial charge in [-0.25, -0.2) is 14.4 Å². The second-order valence-corrected chi connectivity index (χ2v) is 16.1. The number of amides is 1. The molecule has 0 radical (unpaired) electrons. The van der Waals surface area contributed by atoms with E-state index in [1.54, 1.807) is 5.09 Å². The van der Waals surface area contributed by atoms with Crippen LogP contribution in [0.15, 0.2) is 24.3 Å². The maximum absolute atomic E-state index is 13.5. The molecule has 2 unspecified atom stereocenters. The molecule has 14 N–H and O–H groups in total. The topological polar surface area (TPSA) is 462 Å². The van der Waals surface area contributed by atoms with Gasteiger partial charge in [0, 0.05) is 44.2 Å². The number of benzene rings is 1.